The molecule has 28 heavy (non-hydrogen) atoms. The second-order valence-corrected chi connectivity index (χ2v) is 9.02. The fourth-order valence-corrected chi connectivity index (χ4v) is 5.12. The van der Waals surface area contributed by atoms with Gasteiger partial charge in [0.05, 0.1) is 31.1 Å². The first-order valence-corrected chi connectivity index (χ1v) is 11.0. The van der Waals surface area contributed by atoms with Crippen LogP contribution in [0.15, 0.2) is 18.2 Å². The van der Waals surface area contributed by atoms with Crippen LogP contribution in [0.2, 0.25) is 0 Å². The molecule has 0 spiro atoms. The number of Topliss-reactive ketones (excluding diaryl/α,β-unsaturated/α-hetero) is 1. The topological polar surface area (TPSA) is 82.1 Å². The number of fused-ring (bicyclic) bond motifs is 1. The van der Waals surface area contributed by atoms with Crippen molar-refractivity contribution in [2.45, 2.75) is 32.0 Å². The molecule has 1 aliphatic heterocycles. The van der Waals surface area contributed by atoms with E-state index in [0.717, 1.165) is 15.8 Å². The van der Waals surface area contributed by atoms with Crippen molar-refractivity contribution in [2.24, 2.45) is 5.92 Å². The maximum Gasteiger partial charge on any atom is 0.309 e. The Bertz CT molecular complexity index is 821. The molecule has 6 nitrogen and oxygen atoms in total. The van der Waals surface area contributed by atoms with Crippen molar-refractivity contribution < 1.29 is 28.9 Å². The van der Waals surface area contributed by atoms with Crippen molar-refractivity contribution >= 4 is 44.9 Å². The predicted molar refractivity (Wildman–Crippen MR) is 111 cm³/mol. The van der Waals surface area contributed by atoms with Crippen molar-refractivity contribution in [1.29, 1.82) is 0 Å². The summed E-state index contributed by atoms with van der Waals surface area (Å²) in [6.45, 7) is 1.68. The third kappa shape index (κ3) is 4.61. The zero-order chi connectivity index (χ0) is 20.3. The molecular weight excluding hydrogens is 400 g/mol. The molecule has 0 saturated carbocycles. The SMILES string of the molecule is COc1cc2cc(C(=O)C[C@H](C)C(=O)O[C@H]3CCSC[C@@H]3O)sc2cc1OC. The Kier molecular flexibility index (Phi) is 6.85. The Labute approximate surface area is 172 Å². The number of ketones is 1. The van der Waals surface area contributed by atoms with Gasteiger partial charge < -0.3 is 19.3 Å². The van der Waals surface area contributed by atoms with E-state index in [9.17, 15) is 14.7 Å². The Morgan fingerprint density at radius 2 is 1.93 bits per heavy atom. The highest BCUT2D eigenvalue weighted by atomic mass is 32.2. The minimum absolute atomic E-state index is 0.0670. The molecule has 0 aliphatic carbocycles. The first kappa shape index (κ1) is 21.0. The van der Waals surface area contributed by atoms with Crippen LogP contribution in [0, 0.1) is 5.92 Å². The molecule has 8 heteroatoms. The van der Waals surface area contributed by atoms with Gasteiger partial charge in [-0.15, -0.1) is 11.3 Å². The summed E-state index contributed by atoms with van der Waals surface area (Å²) in [6.07, 6.45) is -0.413. The quantitative estimate of drug-likeness (QED) is 0.538. The van der Waals surface area contributed by atoms with Crippen LogP contribution in [0.5, 0.6) is 11.5 Å². The predicted octanol–water partition coefficient (Wildman–Crippen LogP) is 3.54. The Balaban J connectivity index is 1.67. The molecule has 0 unspecified atom stereocenters. The van der Waals surface area contributed by atoms with Crippen LogP contribution in [0.3, 0.4) is 0 Å². The molecule has 0 radical (unpaired) electrons. The third-order valence-electron chi connectivity index (χ3n) is 4.72. The van der Waals surface area contributed by atoms with E-state index in [0.29, 0.717) is 28.5 Å². The first-order valence-electron chi connectivity index (χ1n) is 9.08. The lowest BCUT2D eigenvalue weighted by Crippen LogP contribution is -2.38. The molecule has 152 valence electrons. The number of thiophene rings is 1. The second kappa shape index (κ2) is 9.15. The van der Waals surface area contributed by atoms with Crippen molar-refractivity contribution in [3.05, 3.63) is 23.1 Å². The molecule has 1 fully saturated rings. The zero-order valence-corrected chi connectivity index (χ0v) is 17.7. The molecule has 1 aliphatic rings. The zero-order valence-electron chi connectivity index (χ0n) is 16.1. The molecule has 3 rings (SSSR count). The lowest BCUT2D eigenvalue weighted by molar-refractivity contribution is -0.158. The highest BCUT2D eigenvalue weighted by Crippen LogP contribution is 2.37. The van der Waals surface area contributed by atoms with E-state index >= 15 is 0 Å². The number of hydrogen-bond donors (Lipinski definition) is 1. The Morgan fingerprint density at radius 1 is 1.21 bits per heavy atom. The Morgan fingerprint density at radius 3 is 2.61 bits per heavy atom. The molecule has 3 atom stereocenters. The summed E-state index contributed by atoms with van der Waals surface area (Å²) in [4.78, 5) is 25.6. The standard InChI is InChI=1S/C20H24O6S2/c1-11(20(23)26-15-4-5-27-10-14(15)22)6-13(21)19-8-12-7-16(24-2)17(25-3)9-18(12)28-19/h7-9,11,14-15,22H,4-6,10H2,1-3H3/t11-,14-,15-/m0/s1. The van der Waals surface area contributed by atoms with Gasteiger partial charge in [0.2, 0.25) is 0 Å². The molecule has 0 bridgehead atoms. The minimum atomic E-state index is -0.641. The van der Waals surface area contributed by atoms with Gasteiger partial charge in [-0.2, -0.15) is 11.8 Å². The van der Waals surface area contributed by atoms with Crippen LogP contribution in [0.1, 0.15) is 29.4 Å². The second-order valence-electron chi connectivity index (χ2n) is 6.79. The normalized spacial score (nSPS) is 20.6. The van der Waals surface area contributed by atoms with E-state index in [1.54, 1.807) is 32.9 Å². The van der Waals surface area contributed by atoms with Crippen LogP contribution < -0.4 is 9.47 Å². The van der Waals surface area contributed by atoms with Gasteiger partial charge >= 0.3 is 5.97 Å². The van der Waals surface area contributed by atoms with E-state index in [1.165, 1.54) is 11.3 Å². The first-order chi connectivity index (χ1) is 13.4. The number of thioether (sulfide) groups is 1. The van der Waals surface area contributed by atoms with Gasteiger partial charge in [0.15, 0.2) is 17.3 Å². The van der Waals surface area contributed by atoms with Crippen molar-refractivity contribution in [2.75, 3.05) is 25.7 Å². The molecule has 1 saturated heterocycles. The summed E-state index contributed by atoms with van der Waals surface area (Å²) in [5.74, 6) is 1.53. The maximum absolute atomic E-state index is 12.7. The molecule has 2 aromatic rings. The maximum atomic E-state index is 12.7. The average Bonchev–Trinajstić information content (AvgIpc) is 3.11. The number of methoxy groups -OCH3 is 2. The van der Waals surface area contributed by atoms with E-state index in [4.69, 9.17) is 14.2 Å². The number of esters is 1. The van der Waals surface area contributed by atoms with Gasteiger partial charge in [-0.3, -0.25) is 9.59 Å². The van der Waals surface area contributed by atoms with E-state index in [2.05, 4.69) is 0 Å². The smallest absolute Gasteiger partial charge is 0.309 e. The monoisotopic (exact) mass is 424 g/mol. The summed E-state index contributed by atoms with van der Waals surface area (Å²) in [7, 11) is 3.13. The van der Waals surface area contributed by atoms with Gasteiger partial charge in [0.1, 0.15) is 6.10 Å². The van der Waals surface area contributed by atoms with E-state index < -0.39 is 24.1 Å². The number of hydrogen-bond acceptors (Lipinski definition) is 8. The van der Waals surface area contributed by atoms with Gasteiger partial charge in [-0.05, 0) is 29.7 Å². The lowest BCUT2D eigenvalue weighted by atomic mass is 10.0. The van der Waals surface area contributed by atoms with Crippen LogP contribution >= 0.6 is 23.1 Å². The molecular formula is C20H24O6S2. The van der Waals surface area contributed by atoms with Crippen molar-refractivity contribution in [3.8, 4) is 11.5 Å². The van der Waals surface area contributed by atoms with Crippen LogP contribution in [-0.4, -0.2) is 54.8 Å². The van der Waals surface area contributed by atoms with Crippen molar-refractivity contribution in [3.63, 3.8) is 0 Å². The fourth-order valence-electron chi connectivity index (χ4n) is 3.07. The highest BCUT2D eigenvalue weighted by Gasteiger charge is 2.29. The van der Waals surface area contributed by atoms with Crippen molar-refractivity contribution in [1.82, 2.24) is 0 Å². The third-order valence-corrected chi connectivity index (χ3v) is 6.96. The molecule has 2 heterocycles. The number of carbonyl (C=O) groups is 2. The summed E-state index contributed by atoms with van der Waals surface area (Å²) in [5, 5.41) is 10.8. The lowest BCUT2D eigenvalue weighted by Gasteiger charge is -2.27. The largest absolute Gasteiger partial charge is 0.493 e. The summed E-state index contributed by atoms with van der Waals surface area (Å²) >= 11 is 3.01. The number of carbonyl (C=O) groups excluding carboxylic acids is 2. The van der Waals surface area contributed by atoms with E-state index in [-0.39, 0.29) is 12.2 Å². The summed E-state index contributed by atoms with van der Waals surface area (Å²) in [5.41, 5.74) is 0. The highest BCUT2D eigenvalue weighted by molar-refractivity contribution is 7.99. The average molecular weight is 425 g/mol. The number of aliphatic hydroxyl groups is 1. The van der Waals surface area contributed by atoms with Gasteiger partial charge in [-0.25, -0.2) is 0 Å². The number of ether oxygens (including phenoxy) is 3. The van der Waals surface area contributed by atoms with E-state index in [1.807, 2.05) is 18.2 Å². The molecule has 1 N–H and O–H groups in total. The van der Waals surface area contributed by atoms with Crippen LogP contribution in [0.25, 0.3) is 10.1 Å². The fraction of sp³-hybridized carbons (Fsp3) is 0.500. The molecule has 0 amide bonds. The Hall–Kier alpha value is -1.77. The van der Waals surface area contributed by atoms with Crippen LogP contribution in [0.4, 0.5) is 0 Å². The number of rotatable bonds is 7. The van der Waals surface area contributed by atoms with Gasteiger partial charge in [0, 0.05) is 22.9 Å². The summed E-state index contributed by atoms with van der Waals surface area (Å²) in [6, 6.07) is 5.49. The molecule has 1 aromatic carbocycles. The van der Waals surface area contributed by atoms with Gasteiger partial charge in [0.25, 0.3) is 0 Å². The van der Waals surface area contributed by atoms with Gasteiger partial charge in [-0.1, -0.05) is 6.92 Å². The summed E-state index contributed by atoms with van der Waals surface area (Å²) < 4.78 is 17.0. The number of aliphatic hydroxyl groups excluding tert-OH is 1. The minimum Gasteiger partial charge on any atom is -0.493 e. The van der Waals surface area contributed by atoms with Crippen LogP contribution in [-0.2, 0) is 9.53 Å². The molecule has 1 aromatic heterocycles. The number of benzene rings is 1.